The average Bonchev–Trinajstić information content (AvgIpc) is 2.86. The first-order valence-corrected chi connectivity index (χ1v) is 14.5. The molecule has 174 valence electrons. The summed E-state index contributed by atoms with van der Waals surface area (Å²) in [6.07, 6.45) is 12.1. The van der Waals surface area contributed by atoms with Crippen molar-refractivity contribution in [2.75, 3.05) is 6.16 Å². The summed E-state index contributed by atoms with van der Waals surface area (Å²) in [6.45, 7) is 9.37. The topological polar surface area (TPSA) is 0 Å². The predicted octanol–water partition coefficient (Wildman–Crippen LogP) is 8.01. The van der Waals surface area contributed by atoms with E-state index in [4.69, 9.17) is 0 Å². The first-order chi connectivity index (χ1) is 16.4. The fourth-order valence-electron chi connectivity index (χ4n) is 5.38. The Labute approximate surface area is 207 Å². The number of allylic oxidation sites excluding steroid dienone is 6. The van der Waals surface area contributed by atoms with Crippen LogP contribution >= 0.6 is 7.26 Å². The maximum Gasteiger partial charge on any atom is 0.115 e. The first-order valence-electron chi connectivity index (χ1n) is 12.5. The summed E-state index contributed by atoms with van der Waals surface area (Å²) in [5.41, 5.74) is 4.70. The van der Waals surface area contributed by atoms with Crippen LogP contribution in [0.25, 0.3) is 0 Å². The van der Waals surface area contributed by atoms with Crippen LogP contribution in [0.5, 0.6) is 0 Å². The highest BCUT2D eigenvalue weighted by atomic mass is 31.2. The van der Waals surface area contributed by atoms with Crippen LogP contribution < -0.4 is 15.9 Å². The summed E-state index contributed by atoms with van der Waals surface area (Å²) in [5.74, 6) is 0. The molecule has 1 aliphatic carbocycles. The van der Waals surface area contributed by atoms with Crippen LogP contribution in [-0.4, -0.2) is 6.16 Å². The summed E-state index contributed by atoms with van der Waals surface area (Å²) in [4.78, 5) is 0. The molecule has 0 saturated carbocycles. The Morgan fingerprint density at radius 1 is 0.794 bits per heavy atom. The van der Waals surface area contributed by atoms with Gasteiger partial charge in [0.2, 0.25) is 0 Å². The Morgan fingerprint density at radius 3 is 1.71 bits per heavy atom. The molecule has 0 amide bonds. The van der Waals surface area contributed by atoms with Crippen molar-refractivity contribution in [3.63, 3.8) is 0 Å². The van der Waals surface area contributed by atoms with E-state index in [0.29, 0.717) is 0 Å². The van der Waals surface area contributed by atoms with Gasteiger partial charge in [-0.15, -0.1) is 0 Å². The van der Waals surface area contributed by atoms with E-state index in [1.54, 1.807) is 5.57 Å². The molecule has 0 unspecified atom stereocenters. The van der Waals surface area contributed by atoms with E-state index in [-0.39, 0.29) is 5.41 Å². The molecule has 0 aromatic heterocycles. The van der Waals surface area contributed by atoms with Crippen LogP contribution in [0.15, 0.2) is 126 Å². The van der Waals surface area contributed by atoms with Gasteiger partial charge >= 0.3 is 0 Å². The normalized spacial score (nSPS) is 16.8. The third-order valence-electron chi connectivity index (χ3n) is 7.33. The molecule has 0 fully saturated rings. The monoisotopic (exact) mass is 465 g/mol. The van der Waals surface area contributed by atoms with Crippen molar-refractivity contribution in [3.8, 4) is 0 Å². The molecule has 0 saturated heterocycles. The first kappa shape index (κ1) is 24.4. The van der Waals surface area contributed by atoms with Crippen molar-refractivity contribution in [1.82, 2.24) is 0 Å². The van der Waals surface area contributed by atoms with Gasteiger partial charge < -0.3 is 0 Å². The minimum atomic E-state index is -1.82. The smallest absolute Gasteiger partial charge is 0.0696 e. The zero-order chi connectivity index (χ0) is 24.0. The number of hydrogen-bond acceptors (Lipinski definition) is 0. The standard InChI is InChI=1S/C33H38P/c1-27(22-23-32-28(2)15-14-25-33(32,3)4)24-26-34(29-16-8-5-9-17-29,30-18-10-6-11-19-30)31-20-12-7-13-21-31/h5-13,16-24H,14-15,25-26H2,1-4H3/q+1/b23-22-,27-24+. The van der Waals surface area contributed by atoms with Gasteiger partial charge in [0.25, 0.3) is 0 Å². The van der Waals surface area contributed by atoms with Crippen LogP contribution in [0.1, 0.15) is 47.0 Å². The SMILES string of the molecule is CC1=C(/C=C\C(C)=C\C[P+](c2ccccc2)(c2ccccc2)c2ccccc2)C(C)(C)CCC1. The van der Waals surface area contributed by atoms with Gasteiger partial charge in [-0.3, -0.25) is 0 Å². The van der Waals surface area contributed by atoms with Crippen molar-refractivity contribution < 1.29 is 0 Å². The lowest BCUT2D eigenvalue weighted by Gasteiger charge is -2.33. The zero-order valence-corrected chi connectivity index (χ0v) is 22.1. The van der Waals surface area contributed by atoms with E-state index >= 15 is 0 Å². The van der Waals surface area contributed by atoms with Gasteiger partial charge in [0, 0.05) is 0 Å². The van der Waals surface area contributed by atoms with Gasteiger partial charge in [-0.05, 0) is 86.6 Å². The molecule has 1 heteroatoms. The second-order valence-electron chi connectivity index (χ2n) is 10.2. The summed E-state index contributed by atoms with van der Waals surface area (Å²) in [5, 5.41) is 4.31. The third kappa shape index (κ3) is 5.18. The van der Waals surface area contributed by atoms with Crippen molar-refractivity contribution in [2.24, 2.45) is 5.41 Å². The minimum absolute atomic E-state index is 0.272. The van der Waals surface area contributed by atoms with E-state index in [1.807, 2.05) is 0 Å². The summed E-state index contributed by atoms with van der Waals surface area (Å²) < 4.78 is 0. The van der Waals surface area contributed by atoms with E-state index in [1.165, 1.54) is 46.3 Å². The number of benzene rings is 3. The lowest BCUT2D eigenvalue weighted by molar-refractivity contribution is 0.377. The molecule has 34 heavy (non-hydrogen) atoms. The molecule has 0 spiro atoms. The summed E-state index contributed by atoms with van der Waals surface area (Å²) >= 11 is 0. The fourth-order valence-corrected chi connectivity index (χ4v) is 9.52. The van der Waals surface area contributed by atoms with Crippen LogP contribution in [-0.2, 0) is 0 Å². The molecular formula is C33H38P+. The van der Waals surface area contributed by atoms with E-state index in [2.05, 4.69) is 137 Å². The minimum Gasteiger partial charge on any atom is -0.0696 e. The molecule has 0 radical (unpaired) electrons. The molecule has 0 nitrogen and oxygen atoms in total. The van der Waals surface area contributed by atoms with E-state index < -0.39 is 7.26 Å². The maximum atomic E-state index is 2.48. The highest BCUT2D eigenvalue weighted by Gasteiger charge is 2.44. The molecule has 1 aliphatic rings. The Hall–Kier alpha value is -2.69. The lowest BCUT2D eigenvalue weighted by atomic mass is 9.72. The highest BCUT2D eigenvalue weighted by molar-refractivity contribution is 7.95. The van der Waals surface area contributed by atoms with Gasteiger partial charge in [0.05, 0.1) is 6.16 Å². The third-order valence-corrected chi connectivity index (χ3v) is 11.6. The Morgan fingerprint density at radius 2 is 1.26 bits per heavy atom. The molecule has 0 aliphatic heterocycles. The highest BCUT2D eigenvalue weighted by Crippen LogP contribution is 2.55. The molecule has 0 N–H and O–H groups in total. The van der Waals surface area contributed by atoms with Gasteiger partial charge in [0.1, 0.15) is 23.2 Å². The molecule has 3 aromatic rings. The van der Waals surface area contributed by atoms with Crippen LogP contribution in [0, 0.1) is 5.41 Å². The number of rotatable bonds is 7. The molecular weight excluding hydrogens is 427 g/mol. The predicted molar refractivity (Wildman–Crippen MR) is 153 cm³/mol. The van der Waals surface area contributed by atoms with Gasteiger partial charge in [-0.2, -0.15) is 0 Å². The fraction of sp³-hybridized carbons (Fsp3) is 0.273. The number of hydrogen-bond donors (Lipinski definition) is 0. The molecule has 0 bridgehead atoms. The second kappa shape index (κ2) is 10.7. The quantitative estimate of drug-likeness (QED) is 0.245. The Kier molecular flexibility index (Phi) is 7.70. The van der Waals surface area contributed by atoms with Crippen molar-refractivity contribution in [3.05, 3.63) is 126 Å². The Balaban J connectivity index is 1.77. The van der Waals surface area contributed by atoms with E-state index in [9.17, 15) is 0 Å². The van der Waals surface area contributed by atoms with Crippen molar-refractivity contribution in [2.45, 2.75) is 47.0 Å². The molecule has 4 rings (SSSR count). The molecule has 0 atom stereocenters. The van der Waals surface area contributed by atoms with Crippen molar-refractivity contribution in [1.29, 1.82) is 0 Å². The molecule has 0 heterocycles. The molecule has 3 aromatic carbocycles. The van der Waals surface area contributed by atoms with Gasteiger partial charge in [0.15, 0.2) is 0 Å². The van der Waals surface area contributed by atoms with Crippen molar-refractivity contribution >= 4 is 23.2 Å². The second-order valence-corrected chi connectivity index (χ2v) is 13.7. The summed E-state index contributed by atoms with van der Waals surface area (Å²) in [6, 6.07) is 33.4. The zero-order valence-electron chi connectivity index (χ0n) is 21.2. The Bertz CT molecular complexity index is 1070. The van der Waals surface area contributed by atoms with Crippen LogP contribution in [0.4, 0.5) is 0 Å². The van der Waals surface area contributed by atoms with Crippen LogP contribution in [0.2, 0.25) is 0 Å². The average molecular weight is 466 g/mol. The maximum absolute atomic E-state index is 2.48. The van der Waals surface area contributed by atoms with Crippen LogP contribution in [0.3, 0.4) is 0 Å². The summed E-state index contributed by atoms with van der Waals surface area (Å²) in [7, 11) is -1.82. The lowest BCUT2D eigenvalue weighted by Crippen LogP contribution is -2.33. The largest absolute Gasteiger partial charge is 0.115 e. The van der Waals surface area contributed by atoms with Gasteiger partial charge in [-0.25, -0.2) is 0 Å². The van der Waals surface area contributed by atoms with Gasteiger partial charge in [-0.1, -0.05) is 91.7 Å². The van der Waals surface area contributed by atoms with E-state index in [0.717, 1.165) is 6.16 Å².